The van der Waals surface area contributed by atoms with Gasteiger partial charge in [0.25, 0.3) is 0 Å². The van der Waals surface area contributed by atoms with E-state index in [1.54, 1.807) is 24.5 Å². The average molecular weight is 161 g/mol. The lowest BCUT2D eigenvalue weighted by Gasteiger charge is -1.94. The van der Waals surface area contributed by atoms with E-state index < -0.39 is 0 Å². The van der Waals surface area contributed by atoms with Crippen LogP contribution in [0.3, 0.4) is 0 Å². The molecule has 3 nitrogen and oxygen atoms in total. The smallest absolute Gasteiger partial charge is 0.152 e. The van der Waals surface area contributed by atoms with Crippen molar-refractivity contribution in [3.8, 4) is 17.2 Å². The van der Waals surface area contributed by atoms with Gasteiger partial charge in [0.1, 0.15) is 11.4 Å². The number of hydrogen-bond donors (Lipinski definition) is 1. The molecule has 0 aliphatic heterocycles. The molecule has 0 saturated heterocycles. The molecular weight excluding hydrogens is 154 g/mol. The minimum absolute atomic E-state index is 0.158. The van der Waals surface area contributed by atoms with Crippen molar-refractivity contribution in [1.82, 2.24) is 4.98 Å². The van der Waals surface area contributed by atoms with E-state index in [0.717, 1.165) is 5.69 Å². The Kier molecular flexibility index (Phi) is 1.55. The molecule has 0 aliphatic rings. The van der Waals surface area contributed by atoms with Crippen molar-refractivity contribution in [3.05, 3.63) is 36.7 Å². The highest BCUT2D eigenvalue weighted by molar-refractivity contribution is 5.51. The highest BCUT2D eigenvalue weighted by atomic mass is 16.3. The van der Waals surface area contributed by atoms with Crippen molar-refractivity contribution in [2.24, 2.45) is 0 Å². The predicted molar refractivity (Wildman–Crippen MR) is 43.6 cm³/mol. The van der Waals surface area contributed by atoms with Crippen molar-refractivity contribution in [1.29, 1.82) is 0 Å². The maximum absolute atomic E-state index is 8.96. The van der Waals surface area contributed by atoms with Crippen LogP contribution in [-0.4, -0.2) is 10.1 Å². The minimum Gasteiger partial charge on any atom is -0.506 e. The van der Waals surface area contributed by atoms with E-state index in [2.05, 4.69) is 4.98 Å². The van der Waals surface area contributed by atoms with Crippen LogP contribution >= 0.6 is 0 Å². The molecule has 3 heteroatoms. The highest BCUT2D eigenvalue weighted by Gasteiger charge is 2.00. The van der Waals surface area contributed by atoms with Crippen molar-refractivity contribution >= 4 is 0 Å². The zero-order valence-electron chi connectivity index (χ0n) is 6.27. The monoisotopic (exact) mass is 161 g/mol. The Morgan fingerprint density at radius 1 is 1.25 bits per heavy atom. The van der Waals surface area contributed by atoms with Crippen LogP contribution in [0.15, 0.2) is 41.1 Å². The van der Waals surface area contributed by atoms with Crippen molar-refractivity contribution in [2.75, 3.05) is 0 Å². The first-order chi connectivity index (χ1) is 5.86. The molecule has 0 spiro atoms. The quantitative estimate of drug-likeness (QED) is 0.696. The van der Waals surface area contributed by atoms with Crippen molar-refractivity contribution < 1.29 is 9.52 Å². The Hall–Kier alpha value is -1.77. The molecule has 2 aromatic heterocycles. The lowest BCUT2D eigenvalue weighted by molar-refractivity contribution is 0.472. The van der Waals surface area contributed by atoms with E-state index >= 15 is 0 Å². The number of pyridine rings is 1. The summed E-state index contributed by atoms with van der Waals surface area (Å²) in [4.78, 5) is 3.98. The van der Waals surface area contributed by atoms with Crippen LogP contribution < -0.4 is 0 Å². The normalized spacial score (nSPS) is 10.0. The first kappa shape index (κ1) is 6.91. The Labute approximate surface area is 69.3 Å². The molecule has 0 saturated carbocycles. The van der Waals surface area contributed by atoms with E-state index in [1.807, 2.05) is 6.07 Å². The van der Waals surface area contributed by atoms with Crippen LogP contribution in [0.5, 0.6) is 5.75 Å². The highest BCUT2D eigenvalue weighted by Crippen LogP contribution is 2.18. The minimum atomic E-state index is 0.158. The molecular formula is C9H7NO2. The lowest BCUT2D eigenvalue weighted by Crippen LogP contribution is -1.78. The molecule has 60 valence electrons. The van der Waals surface area contributed by atoms with Gasteiger partial charge in [-0.2, -0.15) is 0 Å². The fourth-order valence-corrected chi connectivity index (χ4v) is 0.956. The van der Waals surface area contributed by atoms with Gasteiger partial charge in [-0.1, -0.05) is 0 Å². The van der Waals surface area contributed by atoms with Gasteiger partial charge < -0.3 is 9.52 Å². The van der Waals surface area contributed by atoms with Crippen LogP contribution in [0.1, 0.15) is 0 Å². The number of nitrogens with zero attached hydrogens (tertiary/aromatic N) is 1. The summed E-state index contributed by atoms with van der Waals surface area (Å²) in [7, 11) is 0. The maximum atomic E-state index is 8.96. The standard InChI is InChI=1S/C9H7NO2/c11-7-3-4-8(10-6-7)9-2-1-5-12-9/h1-6,11H. The third-order valence-corrected chi connectivity index (χ3v) is 1.52. The molecule has 0 aromatic carbocycles. The third kappa shape index (κ3) is 1.16. The molecule has 0 unspecified atom stereocenters. The predicted octanol–water partition coefficient (Wildman–Crippen LogP) is 2.05. The topological polar surface area (TPSA) is 46.3 Å². The lowest BCUT2D eigenvalue weighted by atomic mass is 10.3. The SMILES string of the molecule is Oc1ccc(-c2ccco2)nc1. The summed E-state index contributed by atoms with van der Waals surface area (Å²) in [6, 6.07) is 6.89. The first-order valence-corrected chi connectivity index (χ1v) is 3.55. The number of furan rings is 1. The third-order valence-electron chi connectivity index (χ3n) is 1.52. The van der Waals surface area contributed by atoms with Crippen LogP contribution in [0.2, 0.25) is 0 Å². The van der Waals surface area contributed by atoms with Crippen LogP contribution in [-0.2, 0) is 0 Å². The van der Waals surface area contributed by atoms with Gasteiger partial charge >= 0.3 is 0 Å². The summed E-state index contributed by atoms with van der Waals surface area (Å²) in [5.74, 6) is 0.861. The summed E-state index contributed by atoms with van der Waals surface area (Å²) < 4.78 is 5.12. The second-order valence-corrected chi connectivity index (χ2v) is 2.38. The van der Waals surface area contributed by atoms with Crippen LogP contribution in [0.4, 0.5) is 0 Å². The van der Waals surface area contributed by atoms with Crippen molar-refractivity contribution in [2.45, 2.75) is 0 Å². The molecule has 0 amide bonds. The maximum Gasteiger partial charge on any atom is 0.152 e. The summed E-state index contributed by atoms with van der Waals surface area (Å²) >= 11 is 0. The Morgan fingerprint density at radius 3 is 2.75 bits per heavy atom. The fraction of sp³-hybridized carbons (Fsp3) is 0. The van der Waals surface area contributed by atoms with Gasteiger partial charge in [0.2, 0.25) is 0 Å². The molecule has 0 fully saturated rings. The molecule has 0 radical (unpaired) electrons. The van der Waals surface area contributed by atoms with Gasteiger partial charge in [0, 0.05) is 0 Å². The molecule has 0 aliphatic carbocycles. The summed E-state index contributed by atoms with van der Waals surface area (Å²) in [6.45, 7) is 0. The number of aromatic hydroxyl groups is 1. The molecule has 2 heterocycles. The molecule has 0 bridgehead atoms. The summed E-state index contributed by atoms with van der Waals surface area (Å²) in [5.41, 5.74) is 0.720. The average Bonchev–Trinajstić information content (AvgIpc) is 2.58. The first-order valence-electron chi connectivity index (χ1n) is 3.55. The molecule has 2 rings (SSSR count). The summed E-state index contributed by atoms with van der Waals surface area (Å²) in [6.07, 6.45) is 2.97. The zero-order chi connectivity index (χ0) is 8.39. The van der Waals surface area contributed by atoms with E-state index in [4.69, 9.17) is 9.52 Å². The van der Waals surface area contributed by atoms with Crippen LogP contribution in [0.25, 0.3) is 11.5 Å². The molecule has 1 N–H and O–H groups in total. The Morgan fingerprint density at radius 2 is 2.17 bits per heavy atom. The largest absolute Gasteiger partial charge is 0.506 e. The van der Waals surface area contributed by atoms with E-state index in [1.165, 1.54) is 6.20 Å². The van der Waals surface area contributed by atoms with Crippen LogP contribution in [0, 0.1) is 0 Å². The molecule has 2 aromatic rings. The molecule has 12 heavy (non-hydrogen) atoms. The van der Waals surface area contributed by atoms with E-state index in [0.29, 0.717) is 5.76 Å². The molecule has 0 atom stereocenters. The summed E-state index contributed by atoms with van der Waals surface area (Å²) in [5, 5.41) is 8.96. The Bertz CT molecular complexity index is 351. The van der Waals surface area contributed by atoms with Gasteiger partial charge in [0.05, 0.1) is 12.5 Å². The van der Waals surface area contributed by atoms with Crippen molar-refractivity contribution in [3.63, 3.8) is 0 Å². The zero-order valence-corrected chi connectivity index (χ0v) is 6.27. The van der Waals surface area contributed by atoms with E-state index in [9.17, 15) is 0 Å². The van der Waals surface area contributed by atoms with E-state index in [-0.39, 0.29) is 5.75 Å². The Balaban J connectivity index is 2.43. The van der Waals surface area contributed by atoms with Gasteiger partial charge in [-0.25, -0.2) is 4.98 Å². The number of rotatable bonds is 1. The fourth-order valence-electron chi connectivity index (χ4n) is 0.956. The number of hydrogen-bond acceptors (Lipinski definition) is 3. The van der Waals surface area contributed by atoms with Gasteiger partial charge in [-0.3, -0.25) is 0 Å². The van der Waals surface area contributed by atoms with Gasteiger partial charge in [-0.05, 0) is 24.3 Å². The second-order valence-electron chi connectivity index (χ2n) is 2.38. The number of aromatic nitrogens is 1. The van der Waals surface area contributed by atoms with Gasteiger partial charge in [0.15, 0.2) is 5.76 Å². The van der Waals surface area contributed by atoms with Gasteiger partial charge in [-0.15, -0.1) is 0 Å². The second kappa shape index (κ2) is 2.70.